The molecule has 0 aliphatic carbocycles. The minimum atomic E-state index is -2.98. The molecule has 18 heavy (non-hydrogen) atoms. The average molecular weight is 271 g/mol. The maximum absolute atomic E-state index is 12.0. The van der Waals surface area contributed by atoms with Crippen LogP contribution in [0, 0.1) is 0 Å². The summed E-state index contributed by atoms with van der Waals surface area (Å²) >= 11 is 4.97. The van der Waals surface area contributed by atoms with Crippen LogP contribution in [0.5, 0.6) is 0 Å². The zero-order valence-electron chi connectivity index (χ0n) is 10.6. The van der Waals surface area contributed by atoms with Crippen molar-refractivity contribution in [3.05, 3.63) is 30.3 Å². The summed E-state index contributed by atoms with van der Waals surface area (Å²) in [6.07, 6.45) is -2.69. The SMILES string of the molecule is O=C([O-])CCCNP([O-])(=S)c1ccccc1.[Li+].[Li+]. The first kappa shape index (κ1) is 20.8. The van der Waals surface area contributed by atoms with Crippen LogP contribution in [0.1, 0.15) is 12.8 Å². The Morgan fingerprint density at radius 1 is 1.28 bits per heavy atom. The van der Waals surface area contributed by atoms with Gasteiger partial charge in [-0.25, -0.2) is 0 Å². The van der Waals surface area contributed by atoms with Gasteiger partial charge in [-0.3, -0.25) is 5.09 Å². The summed E-state index contributed by atoms with van der Waals surface area (Å²) in [5.74, 6) is -1.11. The normalized spacial score (nSPS) is 12.7. The molecule has 1 aromatic rings. The van der Waals surface area contributed by atoms with Gasteiger partial charge in [-0.1, -0.05) is 42.1 Å². The Bertz CT molecular complexity index is 405. The monoisotopic (exact) mass is 271 g/mol. The second kappa shape index (κ2) is 10.3. The Hall–Kier alpha value is 0.455. The topological polar surface area (TPSA) is 75.2 Å². The van der Waals surface area contributed by atoms with Gasteiger partial charge in [-0.05, 0) is 31.1 Å². The fourth-order valence-corrected chi connectivity index (χ4v) is 3.01. The van der Waals surface area contributed by atoms with Crippen LogP contribution in [0.4, 0.5) is 0 Å². The average Bonchev–Trinajstić information content (AvgIpc) is 2.26. The first-order valence-corrected chi connectivity index (χ1v) is 7.56. The van der Waals surface area contributed by atoms with E-state index in [4.69, 9.17) is 11.8 Å². The van der Waals surface area contributed by atoms with Crippen molar-refractivity contribution in [2.45, 2.75) is 12.8 Å². The molecule has 4 nitrogen and oxygen atoms in total. The molecule has 0 amide bonds. The van der Waals surface area contributed by atoms with Gasteiger partial charge in [0.1, 0.15) is 0 Å². The van der Waals surface area contributed by atoms with Crippen LogP contribution in [-0.4, -0.2) is 12.5 Å². The van der Waals surface area contributed by atoms with Gasteiger partial charge < -0.3 is 14.8 Å². The zero-order chi connectivity index (χ0) is 12.0. The van der Waals surface area contributed by atoms with Crippen molar-refractivity contribution in [2.75, 3.05) is 6.54 Å². The molecule has 1 atom stereocenters. The van der Waals surface area contributed by atoms with Crippen molar-refractivity contribution in [3.63, 3.8) is 0 Å². The van der Waals surface area contributed by atoms with Gasteiger partial charge in [0.15, 0.2) is 0 Å². The van der Waals surface area contributed by atoms with Gasteiger partial charge in [0.25, 0.3) is 0 Å². The van der Waals surface area contributed by atoms with Crippen molar-refractivity contribution in [2.24, 2.45) is 0 Å². The molecular weight excluding hydrogens is 259 g/mol. The molecule has 1 rings (SSSR count). The Kier molecular flexibility index (Phi) is 11.8. The Balaban J connectivity index is 0. The van der Waals surface area contributed by atoms with Crippen LogP contribution < -0.4 is 58.1 Å². The number of nitrogens with one attached hydrogen (secondary N) is 1. The van der Waals surface area contributed by atoms with Crippen molar-refractivity contribution in [1.29, 1.82) is 0 Å². The molecule has 1 N–H and O–H groups in total. The number of aliphatic carboxylic acids is 1. The quantitative estimate of drug-likeness (QED) is 0.316. The fraction of sp³-hybridized carbons (Fsp3) is 0.300. The summed E-state index contributed by atoms with van der Waals surface area (Å²) < 4.78 is 0. The molecule has 1 aromatic carbocycles. The third-order valence-corrected chi connectivity index (χ3v) is 4.61. The van der Waals surface area contributed by atoms with Crippen LogP contribution in [0.3, 0.4) is 0 Å². The molecule has 0 radical (unpaired) electrons. The molecule has 0 aromatic heterocycles. The number of benzene rings is 1. The van der Waals surface area contributed by atoms with Crippen molar-refractivity contribution in [3.8, 4) is 0 Å². The molecular formula is C10H12Li2NO3PS. The van der Waals surface area contributed by atoms with Crippen LogP contribution in [0.2, 0.25) is 0 Å². The van der Waals surface area contributed by atoms with E-state index >= 15 is 0 Å². The number of carbonyl (C=O) groups is 1. The molecule has 0 bridgehead atoms. The van der Waals surface area contributed by atoms with Gasteiger partial charge in [0.2, 0.25) is 0 Å². The largest absolute Gasteiger partial charge is 1.00 e. The minimum Gasteiger partial charge on any atom is -0.807 e. The maximum Gasteiger partial charge on any atom is 1.00 e. The Morgan fingerprint density at radius 2 is 1.83 bits per heavy atom. The van der Waals surface area contributed by atoms with E-state index in [-0.39, 0.29) is 44.1 Å². The molecule has 8 heteroatoms. The number of carbonyl (C=O) groups excluding carboxylic acids is 1. The Labute approximate surface area is 136 Å². The van der Waals surface area contributed by atoms with Gasteiger partial charge in [0, 0.05) is 5.97 Å². The van der Waals surface area contributed by atoms with E-state index in [0.717, 1.165) is 0 Å². The van der Waals surface area contributed by atoms with E-state index in [1.54, 1.807) is 24.3 Å². The van der Waals surface area contributed by atoms with Gasteiger partial charge in [0.05, 0.1) is 0 Å². The van der Waals surface area contributed by atoms with Crippen LogP contribution in [-0.2, 0) is 16.6 Å². The first-order valence-electron chi connectivity index (χ1n) is 4.84. The van der Waals surface area contributed by atoms with E-state index in [0.29, 0.717) is 18.3 Å². The molecule has 88 valence electrons. The molecule has 0 heterocycles. The fourth-order valence-electron chi connectivity index (χ4n) is 1.17. The molecule has 0 aliphatic heterocycles. The van der Waals surface area contributed by atoms with E-state index < -0.39 is 12.4 Å². The van der Waals surface area contributed by atoms with E-state index in [2.05, 4.69) is 5.09 Å². The summed E-state index contributed by atoms with van der Waals surface area (Å²) in [4.78, 5) is 22.2. The molecule has 0 fully saturated rings. The predicted molar refractivity (Wildman–Crippen MR) is 62.6 cm³/mol. The Morgan fingerprint density at radius 3 is 2.33 bits per heavy atom. The van der Waals surface area contributed by atoms with Crippen LogP contribution >= 0.6 is 6.42 Å². The third kappa shape index (κ3) is 7.79. The predicted octanol–water partition coefficient (Wildman–Crippen LogP) is -6.89. The summed E-state index contributed by atoms with van der Waals surface area (Å²) in [5.41, 5.74) is 0. The molecule has 1 unspecified atom stereocenters. The van der Waals surface area contributed by atoms with Crippen molar-refractivity contribution >= 4 is 29.5 Å². The summed E-state index contributed by atoms with van der Waals surface area (Å²) in [5, 5.41) is 13.4. The van der Waals surface area contributed by atoms with Gasteiger partial charge >= 0.3 is 37.7 Å². The van der Waals surface area contributed by atoms with E-state index in [1.165, 1.54) is 0 Å². The van der Waals surface area contributed by atoms with Crippen LogP contribution in [0.25, 0.3) is 0 Å². The van der Waals surface area contributed by atoms with E-state index in [1.807, 2.05) is 6.07 Å². The smallest absolute Gasteiger partial charge is 0.807 e. The van der Waals surface area contributed by atoms with Crippen molar-refractivity contribution in [1.82, 2.24) is 5.09 Å². The minimum absolute atomic E-state index is 0. The number of hydrogen-bond acceptors (Lipinski definition) is 4. The van der Waals surface area contributed by atoms with Gasteiger partial charge in [-0.2, -0.15) is 0 Å². The summed E-state index contributed by atoms with van der Waals surface area (Å²) in [6.45, 7) is 0.309. The molecule has 0 aliphatic rings. The standard InChI is InChI=1S/C10H14NO3PS.2Li/c12-10(13)7-4-8-11-15(14,16)9-5-2-1-3-6-9;;/h1-3,5-6H,4,7-8H2,(H,12,13)(H2,11,14,16);;/q;2*+1/p-2. The second-order valence-corrected chi connectivity index (χ2v) is 6.75. The zero-order valence-corrected chi connectivity index (χ0v) is 12.3. The first-order chi connectivity index (χ1) is 7.52. The third-order valence-electron chi connectivity index (χ3n) is 1.97. The molecule has 0 saturated heterocycles. The number of carboxylic acid groups (broad SMARTS) is 1. The van der Waals surface area contributed by atoms with Gasteiger partial charge in [-0.15, -0.1) is 0 Å². The number of hydrogen-bond donors (Lipinski definition) is 1. The molecule has 0 saturated carbocycles. The van der Waals surface area contributed by atoms with E-state index in [9.17, 15) is 14.8 Å². The maximum atomic E-state index is 12.0. The number of rotatable bonds is 6. The number of carboxylic acids is 1. The summed E-state index contributed by atoms with van der Waals surface area (Å²) in [6, 6.07) is 8.72. The summed E-state index contributed by atoms with van der Waals surface area (Å²) in [7, 11) is 0. The van der Waals surface area contributed by atoms with Crippen LogP contribution in [0.15, 0.2) is 30.3 Å². The van der Waals surface area contributed by atoms with Crippen molar-refractivity contribution < 1.29 is 52.5 Å². The second-order valence-electron chi connectivity index (χ2n) is 3.27. The molecule has 0 spiro atoms.